The predicted octanol–water partition coefficient (Wildman–Crippen LogP) is 3.42. The van der Waals surface area contributed by atoms with E-state index in [0.29, 0.717) is 0 Å². The summed E-state index contributed by atoms with van der Waals surface area (Å²) in [6, 6.07) is 6.67. The smallest absolute Gasteiger partial charge is 0.0397 e. The first-order valence-electron chi connectivity index (χ1n) is 6.34. The van der Waals surface area contributed by atoms with Crippen molar-refractivity contribution in [1.29, 1.82) is 0 Å². The van der Waals surface area contributed by atoms with Gasteiger partial charge in [-0.3, -0.25) is 0 Å². The Hall–Kier alpha value is -1.18. The summed E-state index contributed by atoms with van der Waals surface area (Å²) in [5.41, 5.74) is 4.01. The molecule has 1 fully saturated rings. The molecule has 0 saturated carbocycles. The van der Waals surface area contributed by atoms with Crippen LogP contribution in [0.1, 0.15) is 31.2 Å². The first kappa shape index (κ1) is 11.3. The molecule has 0 spiro atoms. The predicted molar refractivity (Wildman–Crippen MR) is 71.4 cm³/mol. The minimum Gasteiger partial charge on any atom is -0.388 e. The fourth-order valence-electron chi connectivity index (χ4n) is 2.48. The molecule has 2 heteroatoms. The van der Waals surface area contributed by atoms with Gasteiger partial charge in [0.25, 0.3) is 0 Å². The van der Waals surface area contributed by atoms with Crippen molar-refractivity contribution in [3.8, 4) is 0 Å². The molecule has 0 amide bonds. The van der Waals surface area contributed by atoms with Gasteiger partial charge in [-0.25, -0.2) is 0 Å². The number of nitrogens with one attached hydrogen (secondary N) is 1. The molecule has 1 aliphatic heterocycles. The lowest BCUT2D eigenvalue weighted by Gasteiger charge is -2.25. The van der Waals surface area contributed by atoms with Gasteiger partial charge >= 0.3 is 0 Å². The van der Waals surface area contributed by atoms with E-state index in [1.54, 1.807) is 0 Å². The van der Waals surface area contributed by atoms with Crippen molar-refractivity contribution < 1.29 is 0 Å². The van der Waals surface area contributed by atoms with Crippen molar-refractivity contribution in [1.82, 2.24) is 0 Å². The Morgan fingerprint density at radius 1 is 1.06 bits per heavy atom. The van der Waals surface area contributed by atoms with Crippen LogP contribution in [0, 0.1) is 6.92 Å². The van der Waals surface area contributed by atoms with E-state index in [-0.39, 0.29) is 0 Å². The van der Waals surface area contributed by atoms with Crippen LogP contribution in [0.2, 0.25) is 0 Å². The quantitative estimate of drug-likeness (QED) is 0.818. The average molecular weight is 218 g/mol. The van der Waals surface area contributed by atoms with Crippen molar-refractivity contribution in [2.45, 2.75) is 32.6 Å². The molecule has 0 atom stereocenters. The zero-order chi connectivity index (χ0) is 11.4. The molecule has 2 rings (SSSR count). The molecule has 0 radical (unpaired) electrons. The summed E-state index contributed by atoms with van der Waals surface area (Å²) in [6.45, 7) is 4.65. The minimum atomic E-state index is 1.20. The van der Waals surface area contributed by atoms with Crippen LogP contribution in [-0.4, -0.2) is 20.1 Å². The molecule has 0 aliphatic carbocycles. The van der Waals surface area contributed by atoms with Crippen LogP contribution in [0.25, 0.3) is 0 Å². The molecule has 1 N–H and O–H groups in total. The van der Waals surface area contributed by atoms with Crippen molar-refractivity contribution >= 4 is 11.4 Å². The Morgan fingerprint density at radius 2 is 1.75 bits per heavy atom. The maximum absolute atomic E-state index is 3.19. The highest BCUT2D eigenvalue weighted by molar-refractivity contribution is 5.60. The van der Waals surface area contributed by atoms with Crippen LogP contribution in [0.5, 0.6) is 0 Å². The maximum Gasteiger partial charge on any atom is 0.0397 e. The summed E-state index contributed by atoms with van der Waals surface area (Å²) in [5, 5.41) is 3.19. The first-order valence-corrected chi connectivity index (χ1v) is 6.34. The minimum absolute atomic E-state index is 1.20. The van der Waals surface area contributed by atoms with Crippen molar-refractivity contribution in [2.75, 3.05) is 30.4 Å². The molecule has 1 aliphatic rings. The van der Waals surface area contributed by atoms with Crippen LogP contribution in [-0.2, 0) is 0 Å². The van der Waals surface area contributed by atoms with Crippen molar-refractivity contribution in [3.05, 3.63) is 23.8 Å². The third-order valence-corrected chi connectivity index (χ3v) is 3.43. The summed E-state index contributed by atoms with van der Waals surface area (Å²) in [4.78, 5) is 2.54. The number of hydrogen-bond acceptors (Lipinski definition) is 2. The normalized spacial score (nSPS) is 17.0. The van der Waals surface area contributed by atoms with Gasteiger partial charge in [-0.05, 0) is 43.5 Å². The van der Waals surface area contributed by atoms with E-state index in [2.05, 4.69) is 35.3 Å². The Labute approximate surface area is 98.7 Å². The molecule has 0 unspecified atom stereocenters. The van der Waals surface area contributed by atoms with E-state index in [4.69, 9.17) is 0 Å². The standard InChI is InChI=1S/C14H22N2/c1-12-11-13(15-2)7-8-14(12)16-9-5-3-4-6-10-16/h7-8,11,15H,3-6,9-10H2,1-2H3. The van der Waals surface area contributed by atoms with E-state index >= 15 is 0 Å². The molecule has 0 bridgehead atoms. The Balaban J connectivity index is 2.18. The molecule has 2 nitrogen and oxygen atoms in total. The molecule has 88 valence electrons. The van der Waals surface area contributed by atoms with Gasteiger partial charge in [0.05, 0.1) is 0 Å². The van der Waals surface area contributed by atoms with Crippen LogP contribution in [0.15, 0.2) is 18.2 Å². The van der Waals surface area contributed by atoms with Gasteiger partial charge < -0.3 is 10.2 Å². The number of aryl methyl sites for hydroxylation is 1. The summed E-state index contributed by atoms with van der Waals surface area (Å²) in [5.74, 6) is 0. The zero-order valence-corrected chi connectivity index (χ0v) is 10.4. The molecule has 1 aromatic carbocycles. The lowest BCUT2D eigenvalue weighted by atomic mass is 10.1. The van der Waals surface area contributed by atoms with Gasteiger partial charge in [-0.15, -0.1) is 0 Å². The van der Waals surface area contributed by atoms with Crippen molar-refractivity contribution in [3.63, 3.8) is 0 Å². The second-order valence-corrected chi connectivity index (χ2v) is 4.65. The molecule has 16 heavy (non-hydrogen) atoms. The molecular formula is C14H22N2. The molecule has 0 aromatic heterocycles. The summed E-state index contributed by atoms with van der Waals surface area (Å²) in [6.07, 6.45) is 5.47. The topological polar surface area (TPSA) is 15.3 Å². The SMILES string of the molecule is CNc1ccc(N2CCCCCC2)c(C)c1. The number of nitrogens with zero attached hydrogens (tertiary/aromatic N) is 1. The molecule has 1 aromatic rings. The van der Waals surface area contributed by atoms with E-state index in [1.807, 2.05) is 7.05 Å². The van der Waals surface area contributed by atoms with Crippen LogP contribution < -0.4 is 10.2 Å². The van der Waals surface area contributed by atoms with E-state index in [1.165, 1.54) is 55.7 Å². The van der Waals surface area contributed by atoms with E-state index in [9.17, 15) is 0 Å². The van der Waals surface area contributed by atoms with Crippen LogP contribution in [0.4, 0.5) is 11.4 Å². The van der Waals surface area contributed by atoms with Crippen LogP contribution in [0.3, 0.4) is 0 Å². The Morgan fingerprint density at radius 3 is 2.31 bits per heavy atom. The van der Waals surface area contributed by atoms with E-state index in [0.717, 1.165) is 0 Å². The highest BCUT2D eigenvalue weighted by Gasteiger charge is 2.11. The third-order valence-electron chi connectivity index (χ3n) is 3.43. The van der Waals surface area contributed by atoms with Gasteiger partial charge in [-0.2, -0.15) is 0 Å². The van der Waals surface area contributed by atoms with Crippen molar-refractivity contribution in [2.24, 2.45) is 0 Å². The van der Waals surface area contributed by atoms with Gasteiger partial charge in [0.15, 0.2) is 0 Å². The monoisotopic (exact) mass is 218 g/mol. The third kappa shape index (κ3) is 2.49. The summed E-state index contributed by atoms with van der Waals surface area (Å²) in [7, 11) is 1.97. The molecule has 1 saturated heterocycles. The van der Waals surface area contributed by atoms with Crippen LogP contribution >= 0.6 is 0 Å². The lowest BCUT2D eigenvalue weighted by molar-refractivity contribution is 0.726. The number of hydrogen-bond donors (Lipinski definition) is 1. The second-order valence-electron chi connectivity index (χ2n) is 4.65. The number of anilines is 2. The fraction of sp³-hybridized carbons (Fsp3) is 0.571. The number of rotatable bonds is 2. The fourth-order valence-corrected chi connectivity index (χ4v) is 2.48. The van der Waals surface area contributed by atoms with Gasteiger partial charge in [0, 0.05) is 31.5 Å². The Bertz CT molecular complexity index is 339. The highest BCUT2D eigenvalue weighted by Crippen LogP contribution is 2.25. The van der Waals surface area contributed by atoms with E-state index < -0.39 is 0 Å². The van der Waals surface area contributed by atoms with Gasteiger partial charge in [0.1, 0.15) is 0 Å². The van der Waals surface area contributed by atoms with Gasteiger partial charge in [0.2, 0.25) is 0 Å². The Kier molecular flexibility index (Phi) is 3.70. The zero-order valence-electron chi connectivity index (χ0n) is 10.4. The second kappa shape index (κ2) is 5.24. The lowest BCUT2D eigenvalue weighted by Crippen LogP contribution is -2.24. The summed E-state index contributed by atoms with van der Waals surface area (Å²) < 4.78 is 0. The average Bonchev–Trinajstić information content (AvgIpc) is 2.57. The largest absolute Gasteiger partial charge is 0.388 e. The molecule has 1 heterocycles. The summed E-state index contributed by atoms with van der Waals surface area (Å²) >= 11 is 0. The number of benzene rings is 1. The highest BCUT2D eigenvalue weighted by atomic mass is 15.1. The first-order chi connectivity index (χ1) is 7.81. The molecular weight excluding hydrogens is 196 g/mol. The maximum atomic E-state index is 3.19. The van der Waals surface area contributed by atoms with Gasteiger partial charge in [-0.1, -0.05) is 12.8 Å².